The summed E-state index contributed by atoms with van der Waals surface area (Å²) in [4.78, 5) is 13.0. The van der Waals surface area contributed by atoms with Gasteiger partial charge in [-0.05, 0) is 36.5 Å². The third-order valence-electron chi connectivity index (χ3n) is 4.98. The fourth-order valence-electron chi connectivity index (χ4n) is 3.54. The molecule has 2 aromatic rings. The number of carboxylic acid groups (broad SMARTS) is 1. The van der Waals surface area contributed by atoms with Crippen molar-refractivity contribution in [2.75, 3.05) is 12.3 Å². The van der Waals surface area contributed by atoms with Crippen molar-refractivity contribution < 1.29 is 18.3 Å². The first-order valence-electron chi connectivity index (χ1n) is 9.03. The largest absolute Gasteiger partial charge is 0.465 e. The Balaban J connectivity index is 1.85. The number of hydrogen-bond acceptors (Lipinski definition) is 3. The molecule has 2 atom stereocenters. The molecule has 0 radical (unpaired) electrons. The highest BCUT2D eigenvalue weighted by Gasteiger charge is 2.38. The second-order valence-electron chi connectivity index (χ2n) is 6.73. The van der Waals surface area contributed by atoms with E-state index in [-0.39, 0.29) is 5.75 Å². The lowest BCUT2D eigenvalue weighted by Crippen LogP contribution is -2.47. The van der Waals surface area contributed by atoms with Crippen LogP contribution in [0.2, 0.25) is 0 Å². The van der Waals surface area contributed by atoms with Crippen LogP contribution in [0.15, 0.2) is 54.6 Å². The predicted molar refractivity (Wildman–Crippen MR) is 105 cm³/mol. The molecule has 1 heterocycles. The van der Waals surface area contributed by atoms with Crippen LogP contribution in [0.3, 0.4) is 0 Å². The van der Waals surface area contributed by atoms with Crippen LogP contribution in [0.25, 0.3) is 11.1 Å². The van der Waals surface area contributed by atoms with E-state index in [0.717, 1.165) is 16.7 Å². The topological polar surface area (TPSA) is 86.7 Å². The molecule has 2 aromatic carbocycles. The number of amides is 1. The maximum atomic E-state index is 12.0. The minimum absolute atomic E-state index is 0.0210. The highest BCUT2D eigenvalue weighted by molar-refractivity contribution is 7.89. The van der Waals surface area contributed by atoms with E-state index in [9.17, 15) is 18.3 Å². The molecule has 7 heteroatoms. The summed E-state index contributed by atoms with van der Waals surface area (Å²) < 4.78 is 26.7. The fraction of sp³-hybridized carbons (Fsp3) is 0.350. The smallest absolute Gasteiger partial charge is 0.407 e. The van der Waals surface area contributed by atoms with Crippen LogP contribution in [0.5, 0.6) is 0 Å². The minimum Gasteiger partial charge on any atom is -0.465 e. The van der Waals surface area contributed by atoms with Crippen molar-refractivity contribution in [2.45, 2.75) is 31.8 Å². The SMILES string of the molecule is CCS(=O)(=O)N[C@H]1CCN(C(=O)O)[C@H]1Cc1cccc(-c2ccccc2)c1. The third kappa shape index (κ3) is 4.67. The number of hydrogen-bond donors (Lipinski definition) is 2. The molecule has 0 aromatic heterocycles. The van der Waals surface area contributed by atoms with Gasteiger partial charge in [-0.2, -0.15) is 0 Å². The monoisotopic (exact) mass is 388 g/mol. The Labute approximate surface area is 159 Å². The summed E-state index contributed by atoms with van der Waals surface area (Å²) in [6.07, 6.45) is -0.0734. The Bertz CT molecular complexity index is 899. The first-order valence-corrected chi connectivity index (χ1v) is 10.7. The van der Waals surface area contributed by atoms with Crippen molar-refractivity contribution in [1.29, 1.82) is 0 Å². The highest BCUT2D eigenvalue weighted by atomic mass is 32.2. The van der Waals surface area contributed by atoms with Gasteiger partial charge in [-0.25, -0.2) is 17.9 Å². The van der Waals surface area contributed by atoms with Gasteiger partial charge in [0.25, 0.3) is 0 Å². The van der Waals surface area contributed by atoms with E-state index in [1.54, 1.807) is 6.92 Å². The Morgan fingerprint density at radius 2 is 1.85 bits per heavy atom. The molecule has 27 heavy (non-hydrogen) atoms. The minimum atomic E-state index is -3.40. The van der Waals surface area contributed by atoms with Gasteiger partial charge in [-0.3, -0.25) is 0 Å². The number of nitrogens with one attached hydrogen (secondary N) is 1. The Kier molecular flexibility index (Phi) is 5.82. The fourth-order valence-corrected chi connectivity index (χ4v) is 4.45. The predicted octanol–water partition coefficient (Wildman–Crippen LogP) is 2.96. The molecule has 6 nitrogen and oxygen atoms in total. The summed E-state index contributed by atoms with van der Waals surface area (Å²) in [6, 6.07) is 17.1. The Morgan fingerprint density at radius 3 is 2.52 bits per heavy atom. The lowest BCUT2D eigenvalue weighted by molar-refractivity contribution is 0.137. The number of carbonyl (C=O) groups is 1. The normalized spacial score (nSPS) is 20.0. The highest BCUT2D eigenvalue weighted by Crippen LogP contribution is 2.25. The molecule has 0 bridgehead atoms. The van der Waals surface area contributed by atoms with Crippen LogP contribution in [0.1, 0.15) is 18.9 Å². The maximum absolute atomic E-state index is 12.0. The van der Waals surface area contributed by atoms with Crippen molar-refractivity contribution in [3.8, 4) is 11.1 Å². The van der Waals surface area contributed by atoms with Gasteiger partial charge in [0, 0.05) is 12.6 Å². The van der Waals surface area contributed by atoms with Crippen LogP contribution < -0.4 is 4.72 Å². The van der Waals surface area contributed by atoms with E-state index < -0.39 is 28.2 Å². The average molecular weight is 388 g/mol. The standard InChI is InChI=1S/C20H24N2O4S/c1-2-27(25,26)21-18-11-12-22(20(23)24)19(18)14-15-7-6-10-17(13-15)16-8-4-3-5-9-16/h3-10,13,18-19,21H,2,11-12,14H2,1H3,(H,23,24)/t18-,19-/m0/s1. The van der Waals surface area contributed by atoms with Gasteiger partial charge in [-0.1, -0.05) is 54.6 Å². The second-order valence-corrected chi connectivity index (χ2v) is 8.77. The molecule has 1 saturated heterocycles. The van der Waals surface area contributed by atoms with E-state index in [1.165, 1.54) is 4.90 Å². The molecular formula is C20H24N2O4S. The van der Waals surface area contributed by atoms with E-state index in [1.807, 2.05) is 54.6 Å². The maximum Gasteiger partial charge on any atom is 0.407 e. The van der Waals surface area contributed by atoms with E-state index in [4.69, 9.17) is 0 Å². The molecule has 0 aliphatic carbocycles. The molecule has 1 amide bonds. The van der Waals surface area contributed by atoms with Crippen molar-refractivity contribution in [2.24, 2.45) is 0 Å². The van der Waals surface area contributed by atoms with Crippen LogP contribution in [-0.2, 0) is 16.4 Å². The lowest BCUT2D eigenvalue weighted by Gasteiger charge is -2.26. The van der Waals surface area contributed by atoms with E-state index in [0.29, 0.717) is 19.4 Å². The summed E-state index contributed by atoms with van der Waals surface area (Å²) in [6.45, 7) is 1.90. The molecule has 1 aliphatic heterocycles. The molecule has 0 saturated carbocycles. The van der Waals surface area contributed by atoms with Crippen molar-refractivity contribution >= 4 is 16.1 Å². The van der Waals surface area contributed by atoms with Crippen molar-refractivity contribution in [3.05, 3.63) is 60.2 Å². The van der Waals surface area contributed by atoms with Crippen molar-refractivity contribution in [3.63, 3.8) is 0 Å². The van der Waals surface area contributed by atoms with Crippen molar-refractivity contribution in [1.82, 2.24) is 9.62 Å². The third-order valence-corrected chi connectivity index (χ3v) is 6.40. The van der Waals surface area contributed by atoms with E-state index >= 15 is 0 Å². The summed E-state index contributed by atoms with van der Waals surface area (Å²) in [7, 11) is -3.40. The molecule has 3 rings (SSSR count). The molecule has 144 valence electrons. The van der Waals surface area contributed by atoms with Crippen LogP contribution in [0.4, 0.5) is 4.79 Å². The summed E-state index contributed by atoms with van der Waals surface area (Å²) >= 11 is 0. The Hall–Kier alpha value is -2.38. The number of nitrogens with zero attached hydrogens (tertiary/aromatic N) is 1. The van der Waals surface area contributed by atoms with Gasteiger partial charge in [-0.15, -0.1) is 0 Å². The average Bonchev–Trinajstić information content (AvgIpc) is 3.04. The van der Waals surface area contributed by atoms with Crippen LogP contribution in [-0.4, -0.2) is 48.9 Å². The molecule has 1 fully saturated rings. The van der Waals surface area contributed by atoms with Gasteiger partial charge in [0.05, 0.1) is 11.8 Å². The second kappa shape index (κ2) is 8.10. The number of likely N-dealkylation sites (tertiary alicyclic amines) is 1. The molecular weight excluding hydrogens is 364 g/mol. The molecule has 1 aliphatic rings. The summed E-state index contributed by atoms with van der Waals surface area (Å²) in [5, 5.41) is 9.52. The zero-order valence-electron chi connectivity index (χ0n) is 15.2. The van der Waals surface area contributed by atoms with Gasteiger partial charge in [0.2, 0.25) is 10.0 Å². The zero-order chi connectivity index (χ0) is 19.4. The van der Waals surface area contributed by atoms with Gasteiger partial charge in [0.15, 0.2) is 0 Å². The first kappa shape index (κ1) is 19.4. The number of rotatable bonds is 6. The van der Waals surface area contributed by atoms with Gasteiger partial charge in [0.1, 0.15) is 0 Å². The van der Waals surface area contributed by atoms with Gasteiger partial charge >= 0.3 is 6.09 Å². The Morgan fingerprint density at radius 1 is 1.15 bits per heavy atom. The zero-order valence-corrected chi connectivity index (χ0v) is 16.0. The molecule has 0 unspecified atom stereocenters. The molecule has 0 spiro atoms. The van der Waals surface area contributed by atoms with Gasteiger partial charge < -0.3 is 10.0 Å². The van der Waals surface area contributed by atoms with Crippen LogP contribution in [0, 0.1) is 0 Å². The molecule has 2 N–H and O–H groups in total. The summed E-state index contributed by atoms with van der Waals surface area (Å²) in [5.74, 6) is -0.0210. The number of benzene rings is 2. The lowest BCUT2D eigenvalue weighted by atomic mass is 9.97. The first-order chi connectivity index (χ1) is 12.9. The quantitative estimate of drug-likeness (QED) is 0.797. The van der Waals surface area contributed by atoms with Crippen LogP contribution >= 0.6 is 0 Å². The summed E-state index contributed by atoms with van der Waals surface area (Å²) in [5.41, 5.74) is 3.12. The van der Waals surface area contributed by atoms with E-state index in [2.05, 4.69) is 4.72 Å². The number of sulfonamides is 1.